The molecule has 7 nitrogen and oxygen atoms in total. The van der Waals surface area contributed by atoms with Crippen molar-refractivity contribution in [3.05, 3.63) is 54.4 Å². The van der Waals surface area contributed by atoms with Crippen molar-refractivity contribution in [3.63, 3.8) is 0 Å². The second-order valence-corrected chi connectivity index (χ2v) is 8.30. The van der Waals surface area contributed by atoms with Crippen LogP contribution in [0.1, 0.15) is 37.7 Å². The summed E-state index contributed by atoms with van der Waals surface area (Å²) in [4.78, 5) is 16.2. The van der Waals surface area contributed by atoms with Gasteiger partial charge in [-0.1, -0.05) is 31.4 Å². The summed E-state index contributed by atoms with van der Waals surface area (Å²) < 4.78 is 28.4. The molecule has 1 fully saturated rings. The molecule has 0 saturated heterocycles. The number of anilines is 1. The Kier molecular flexibility index (Phi) is 6.41. The van der Waals surface area contributed by atoms with Crippen LogP contribution < -0.4 is 15.4 Å². The summed E-state index contributed by atoms with van der Waals surface area (Å²) in [6.07, 6.45) is 8.20. The number of nitrogens with zero attached hydrogens (tertiary/aromatic N) is 1. The number of para-hydroxylation sites is 1. The maximum Gasteiger partial charge on any atom is 0.319 e. The molecule has 144 valence electrons. The van der Waals surface area contributed by atoms with Crippen molar-refractivity contribution in [2.75, 3.05) is 5.32 Å². The lowest BCUT2D eigenvalue weighted by Gasteiger charge is -2.23. The number of hydrogen-bond acceptors (Lipinski definition) is 4. The number of pyridine rings is 1. The number of urea groups is 1. The van der Waals surface area contributed by atoms with Crippen LogP contribution in [0.2, 0.25) is 0 Å². The van der Waals surface area contributed by atoms with E-state index in [0.29, 0.717) is 6.54 Å². The van der Waals surface area contributed by atoms with Gasteiger partial charge in [-0.25, -0.2) is 17.9 Å². The highest BCUT2D eigenvalue weighted by atomic mass is 32.2. The average molecular weight is 388 g/mol. The Morgan fingerprint density at radius 1 is 1.04 bits per heavy atom. The summed E-state index contributed by atoms with van der Waals surface area (Å²) in [5.74, 6) is 0. The number of rotatable bonds is 6. The van der Waals surface area contributed by atoms with Crippen LogP contribution in [0, 0.1) is 0 Å². The van der Waals surface area contributed by atoms with E-state index in [2.05, 4.69) is 20.3 Å². The van der Waals surface area contributed by atoms with Crippen molar-refractivity contribution in [1.29, 1.82) is 0 Å². The van der Waals surface area contributed by atoms with Gasteiger partial charge in [0, 0.05) is 25.0 Å². The molecule has 0 spiro atoms. The highest BCUT2D eigenvalue weighted by Gasteiger charge is 2.24. The van der Waals surface area contributed by atoms with E-state index < -0.39 is 16.1 Å². The number of aromatic nitrogens is 1. The molecule has 3 N–H and O–H groups in total. The zero-order chi connectivity index (χ0) is 19.1. The molecule has 3 rings (SSSR count). The van der Waals surface area contributed by atoms with Crippen molar-refractivity contribution in [1.82, 2.24) is 15.0 Å². The van der Waals surface area contributed by atoms with E-state index in [1.165, 1.54) is 6.07 Å². The van der Waals surface area contributed by atoms with Crippen LogP contribution in [0.15, 0.2) is 53.7 Å². The Hall–Kier alpha value is -2.45. The summed E-state index contributed by atoms with van der Waals surface area (Å²) in [5.41, 5.74) is 1.16. The molecule has 1 aliphatic rings. The molecule has 0 bridgehead atoms. The standard InChI is InChI=1S/C19H24N4O3S/c24-19(21-14-15-10-12-20-13-11-15)22-17-8-4-5-9-18(17)27(25,26)23-16-6-2-1-3-7-16/h4-5,8-13,16,23H,1-3,6-7,14H2,(H2,21,22,24). The Morgan fingerprint density at radius 3 is 2.48 bits per heavy atom. The van der Waals surface area contributed by atoms with Gasteiger partial charge >= 0.3 is 6.03 Å². The number of carbonyl (C=O) groups excluding carboxylic acids is 1. The molecular weight excluding hydrogens is 364 g/mol. The Labute approximate surface area is 159 Å². The second-order valence-electron chi connectivity index (χ2n) is 6.62. The maximum atomic E-state index is 12.8. The summed E-state index contributed by atoms with van der Waals surface area (Å²) in [5, 5.41) is 5.35. The molecule has 8 heteroatoms. The van der Waals surface area contributed by atoms with E-state index in [-0.39, 0.29) is 16.6 Å². The predicted octanol–water partition coefficient (Wildman–Crippen LogP) is 3.01. The van der Waals surface area contributed by atoms with Gasteiger partial charge in [0.15, 0.2) is 0 Å². The van der Waals surface area contributed by atoms with Gasteiger partial charge in [0.1, 0.15) is 4.90 Å². The summed E-state index contributed by atoms with van der Waals surface area (Å²) in [6, 6.07) is 9.52. The number of sulfonamides is 1. The van der Waals surface area contributed by atoms with E-state index in [1.54, 1.807) is 42.7 Å². The molecule has 1 aromatic heterocycles. The smallest absolute Gasteiger partial charge is 0.319 e. The lowest BCUT2D eigenvalue weighted by Crippen LogP contribution is -2.37. The molecule has 0 radical (unpaired) electrons. The van der Waals surface area contributed by atoms with Gasteiger partial charge in [-0.05, 0) is 42.7 Å². The number of carbonyl (C=O) groups is 1. The van der Waals surface area contributed by atoms with Crippen molar-refractivity contribution in [2.24, 2.45) is 0 Å². The van der Waals surface area contributed by atoms with Gasteiger partial charge in [-0.2, -0.15) is 0 Å². The summed E-state index contributed by atoms with van der Waals surface area (Å²) >= 11 is 0. The molecule has 2 aromatic rings. The normalized spacial score (nSPS) is 15.3. The third-order valence-corrected chi connectivity index (χ3v) is 6.13. The van der Waals surface area contributed by atoms with Crippen molar-refractivity contribution in [3.8, 4) is 0 Å². The fraction of sp³-hybridized carbons (Fsp3) is 0.368. The molecule has 0 atom stereocenters. The van der Waals surface area contributed by atoms with Crippen LogP contribution in [0.25, 0.3) is 0 Å². The highest BCUT2D eigenvalue weighted by molar-refractivity contribution is 7.89. The number of hydrogen-bond donors (Lipinski definition) is 3. The van der Waals surface area contributed by atoms with Crippen LogP contribution in [-0.2, 0) is 16.6 Å². The first kappa shape index (κ1) is 19.3. The van der Waals surface area contributed by atoms with Crippen LogP contribution in [0.5, 0.6) is 0 Å². The number of amides is 2. The predicted molar refractivity (Wildman–Crippen MR) is 104 cm³/mol. The zero-order valence-electron chi connectivity index (χ0n) is 15.0. The first-order valence-electron chi connectivity index (χ1n) is 9.10. The average Bonchev–Trinajstić information content (AvgIpc) is 2.68. The second kappa shape index (κ2) is 8.96. The molecule has 0 aliphatic heterocycles. The van der Waals surface area contributed by atoms with Crippen molar-refractivity contribution < 1.29 is 13.2 Å². The fourth-order valence-corrected chi connectivity index (χ4v) is 4.62. The first-order chi connectivity index (χ1) is 13.0. The molecule has 0 unspecified atom stereocenters. The molecule has 2 amide bonds. The zero-order valence-corrected chi connectivity index (χ0v) is 15.8. The van der Waals surface area contributed by atoms with E-state index >= 15 is 0 Å². The minimum atomic E-state index is -3.70. The fourth-order valence-electron chi connectivity index (χ4n) is 3.16. The van der Waals surface area contributed by atoms with E-state index in [0.717, 1.165) is 37.7 Å². The monoisotopic (exact) mass is 388 g/mol. The Bertz CT molecular complexity index is 866. The lowest BCUT2D eigenvalue weighted by molar-refractivity contribution is 0.251. The van der Waals surface area contributed by atoms with Crippen molar-refractivity contribution in [2.45, 2.75) is 49.6 Å². The minimum Gasteiger partial charge on any atom is -0.334 e. The molecule has 1 saturated carbocycles. The van der Waals surface area contributed by atoms with E-state index in [1.807, 2.05) is 0 Å². The van der Waals surface area contributed by atoms with Gasteiger partial charge in [-0.15, -0.1) is 0 Å². The lowest BCUT2D eigenvalue weighted by atomic mass is 9.96. The van der Waals surface area contributed by atoms with E-state index in [4.69, 9.17) is 0 Å². The largest absolute Gasteiger partial charge is 0.334 e. The maximum absolute atomic E-state index is 12.8. The Balaban J connectivity index is 1.66. The highest BCUT2D eigenvalue weighted by Crippen LogP contribution is 2.24. The minimum absolute atomic E-state index is 0.0441. The molecule has 1 aromatic carbocycles. The van der Waals surface area contributed by atoms with Crippen LogP contribution in [-0.4, -0.2) is 25.5 Å². The quantitative estimate of drug-likeness (QED) is 0.708. The molecule has 27 heavy (non-hydrogen) atoms. The number of nitrogens with one attached hydrogen (secondary N) is 3. The molecule has 1 aliphatic carbocycles. The van der Waals surface area contributed by atoms with Gasteiger partial charge in [0.25, 0.3) is 0 Å². The van der Waals surface area contributed by atoms with Crippen LogP contribution in [0.4, 0.5) is 10.5 Å². The van der Waals surface area contributed by atoms with Gasteiger partial charge < -0.3 is 10.6 Å². The molecular formula is C19H24N4O3S. The first-order valence-corrected chi connectivity index (χ1v) is 10.6. The summed E-state index contributed by atoms with van der Waals surface area (Å²) in [6.45, 7) is 0.323. The van der Waals surface area contributed by atoms with Crippen LogP contribution >= 0.6 is 0 Å². The topological polar surface area (TPSA) is 100 Å². The SMILES string of the molecule is O=C(NCc1ccncc1)Nc1ccccc1S(=O)(=O)NC1CCCCC1. The van der Waals surface area contributed by atoms with Gasteiger partial charge in [-0.3, -0.25) is 4.98 Å². The number of benzene rings is 1. The van der Waals surface area contributed by atoms with E-state index in [9.17, 15) is 13.2 Å². The third kappa shape index (κ3) is 5.51. The Morgan fingerprint density at radius 2 is 1.74 bits per heavy atom. The third-order valence-electron chi connectivity index (χ3n) is 4.55. The summed E-state index contributed by atoms with van der Waals surface area (Å²) in [7, 11) is -3.70. The van der Waals surface area contributed by atoms with Crippen LogP contribution in [0.3, 0.4) is 0 Å². The molecule has 1 heterocycles. The van der Waals surface area contributed by atoms with Gasteiger partial charge in [0.05, 0.1) is 5.69 Å². The van der Waals surface area contributed by atoms with Gasteiger partial charge in [0.2, 0.25) is 10.0 Å². The van der Waals surface area contributed by atoms with Crippen molar-refractivity contribution >= 4 is 21.7 Å².